The molecule has 3 aromatic rings. The molecule has 0 spiro atoms. The van der Waals surface area contributed by atoms with Gasteiger partial charge in [0.25, 0.3) is 0 Å². The van der Waals surface area contributed by atoms with Crippen LogP contribution in [0.25, 0.3) is 11.4 Å². The molecule has 1 atom stereocenters. The van der Waals surface area contributed by atoms with Crippen molar-refractivity contribution in [1.29, 1.82) is 0 Å². The smallest absolute Gasteiger partial charge is 0.322 e. The van der Waals surface area contributed by atoms with E-state index in [9.17, 15) is 9.18 Å². The van der Waals surface area contributed by atoms with E-state index >= 15 is 0 Å². The normalized spacial score (nSPS) is 15.8. The summed E-state index contributed by atoms with van der Waals surface area (Å²) in [5, 5.41) is 6.77. The van der Waals surface area contributed by atoms with Gasteiger partial charge in [-0.05, 0) is 37.1 Å². The van der Waals surface area contributed by atoms with Crippen LogP contribution >= 0.6 is 0 Å². The van der Waals surface area contributed by atoms with Crippen molar-refractivity contribution in [2.75, 3.05) is 26.1 Å². The molecule has 0 aliphatic carbocycles. The number of nitrogens with one attached hydrogen (secondary N) is 1. The summed E-state index contributed by atoms with van der Waals surface area (Å²) in [7, 11) is 2.97. The molecule has 156 valence electrons. The number of halogens is 1. The van der Waals surface area contributed by atoms with Crippen LogP contribution in [-0.4, -0.2) is 41.8 Å². The van der Waals surface area contributed by atoms with Crippen molar-refractivity contribution >= 4 is 11.7 Å². The fraction of sp³-hybridized carbons (Fsp3) is 0.286. The van der Waals surface area contributed by atoms with Crippen molar-refractivity contribution in [1.82, 2.24) is 15.0 Å². The maximum Gasteiger partial charge on any atom is 0.322 e. The Kier molecular flexibility index (Phi) is 5.51. The van der Waals surface area contributed by atoms with E-state index in [1.165, 1.54) is 19.2 Å². The number of ether oxygens (including phenoxy) is 2. The number of amides is 2. The van der Waals surface area contributed by atoms with E-state index in [-0.39, 0.29) is 17.8 Å². The third kappa shape index (κ3) is 3.91. The Balaban J connectivity index is 1.50. The highest BCUT2D eigenvalue weighted by molar-refractivity contribution is 5.89. The molecule has 30 heavy (non-hydrogen) atoms. The number of nitrogens with zero attached hydrogens (tertiary/aromatic N) is 3. The Hall–Kier alpha value is -3.62. The van der Waals surface area contributed by atoms with Gasteiger partial charge in [-0.1, -0.05) is 17.3 Å². The van der Waals surface area contributed by atoms with Gasteiger partial charge in [0.15, 0.2) is 11.6 Å². The third-order valence-corrected chi connectivity index (χ3v) is 4.97. The maximum absolute atomic E-state index is 13.9. The van der Waals surface area contributed by atoms with E-state index in [1.54, 1.807) is 18.1 Å². The molecule has 0 bridgehead atoms. The van der Waals surface area contributed by atoms with Crippen molar-refractivity contribution < 1.29 is 23.2 Å². The van der Waals surface area contributed by atoms with Crippen molar-refractivity contribution in [3.8, 4) is 22.9 Å². The van der Waals surface area contributed by atoms with Gasteiger partial charge >= 0.3 is 6.03 Å². The van der Waals surface area contributed by atoms with Crippen LogP contribution in [0.4, 0.5) is 14.9 Å². The zero-order chi connectivity index (χ0) is 21.1. The van der Waals surface area contributed by atoms with Gasteiger partial charge in [0.1, 0.15) is 11.8 Å². The molecule has 9 heteroatoms. The number of carbonyl (C=O) groups is 1. The summed E-state index contributed by atoms with van der Waals surface area (Å²) in [5.41, 5.74) is 1.10. The lowest BCUT2D eigenvalue weighted by Crippen LogP contribution is -2.34. The highest BCUT2D eigenvalue weighted by Crippen LogP contribution is 2.33. The molecular weight excluding hydrogens is 391 g/mol. The molecule has 1 aliphatic heterocycles. The van der Waals surface area contributed by atoms with Crippen LogP contribution in [0.1, 0.15) is 24.8 Å². The molecule has 8 nitrogen and oxygen atoms in total. The number of anilines is 1. The van der Waals surface area contributed by atoms with E-state index in [4.69, 9.17) is 14.0 Å². The molecule has 1 fully saturated rings. The number of hydrogen-bond donors (Lipinski definition) is 1. The van der Waals surface area contributed by atoms with E-state index in [1.807, 2.05) is 24.3 Å². The number of urea groups is 1. The first-order valence-electron chi connectivity index (χ1n) is 9.48. The van der Waals surface area contributed by atoms with Gasteiger partial charge in [-0.2, -0.15) is 4.98 Å². The molecule has 2 amide bonds. The Morgan fingerprint density at radius 1 is 1.23 bits per heavy atom. The molecule has 1 N–H and O–H groups in total. The lowest BCUT2D eigenvalue weighted by Gasteiger charge is -2.22. The Morgan fingerprint density at radius 3 is 2.87 bits per heavy atom. The third-order valence-electron chi connectivity index (χ3n) is 4.97. The van der Waals surface area contributed by atoms with Crippen molar-refractivity contribution in [3.63, 3.8) is 0 Å². The fourth-order valence-electron chi connectivity index (χ4n) is 3.46. The minimum atomic E-state index is -0.548. The molecule has 2 heterocycles. The van der Waals surface area contributed by atoms with Gasteiger partial charge in [0, 0.05) is 23.9 Å². The second kappa shape index (κ2) is 8.40. The first kappa shape index (κ1) is 19.7. The molecule has 1 saturated heterocycles. The van der Waals surface area contributed by atoms with Crippen molar-refractivity contribution in [2.45, 2.75) is 18.9 Å². The first-order chi connectivity index (χ1) is 14.6. The Labute approximate surface area is 172 Å². The number of aromatic nitrogens is 2. The van der Waals surface area contributed by atoms with Crippen LogP contribution in [0.15, 0.2) is 47.0 Å². The van der Waals surface area contributed by atoms with Crippen LogP contribution in [0, 0.1) is 5.82 Å². The number of hydrogen-bond acceptors (Lipinski definition) is 6. The van der Waals surface area contributed by atoms with Gasteiger partial charge in [-0.3, -0.25) is 0 Å². The molecule has 4 rings (SSSR count). The minimum Gasteiger partial charge on any atom is -0.497 e. The van der Waals surface area contributed by atoms with Crippen LogP contribution in [-0.2, 0) is 0 Å². The van der Waals surface area contributed by atoms with E-state index in [0.29, 0.717) is 36.1 Å². The fourth-order valence-corrected chi connectivity index (χ4v) is 3.46. The monoisotopic (exact) mass is 412 g/mol. The van der Waals surface area contributed by atoms with Crippen LogP contribution < -0.4 is 14.8 Å². The van der Waals surface area contributed by atoms with Crippen molar-refractivity contribution in [3.05, 3.63) is 54.2 Å². The number of rotatable bonds is 5. The lowest BCUT2D eigenvalue weighted by atomic mass is 10.2. The molecular formula is C21H21FN4O4. The highest BCUT2D eigenvalue weighted by atomic mass is 19.1. The maximum atomic E-state index is 13.9. The summed E-state index contributed by atoms with van der Waals surface area (Å²) in [4.78, 5) is 18.9. The van der Waals surface area contributed by atoms with E-state index in [2.05, 4.69) is 15.5 Å². The van der Waals surface area contributed by atoms with Gasteiger partial charge in [-0.25, -0.2) is 9.18 Å². The molecule has 2 aromatic carbocycles. The number of benzene rings is 2. The molecule has 1 aliphatic rings. The largest absolute Gasteiger partial charge is 0.497 e. The Bertz CT molecular complexity index is 1050. The zero-order valence-corrected chi connectivity index (χ0v) is 16.6. The second-order valence-corrected chi connectivity index (χ2v) is 6.82. The van der Waals surface area contributed by atoms with Crippen molar-refractivity contribution in [2.24, 2.45) is 0 Å². The van der Waals surface area contributed by atoms with E-state index < -0.39 is 5.82 Å². The van der Waals surface area contributed by atoms with E-state index in [0.717, 1.165) is 12.0 Å². The molecule has 0 radical (unpaired) electrons. The van der Waals surface area contributed by atoms with Gasteiger partial charge in [0.2, 0.25) is 11.7 Å². The standard InChI is InChI=1S/C21H21FN4O4/c1-28-15-6-3-5-13(11-15)19-24-20(30-25-19)17-7-4-10-26(17)21(27)23-14-8-9-18(29-2)16(22)12-14/h3,5-6,8-9,11-12,17H,4,7,10H2,1-2H3,(H,23,27)/t17-/m1/s1. The van der Waals surface area contributed by atoms with Crippen LogP contribution in [0.2, 0.25) is 0 Å². The first-order valence-corrected chi connectivity index (χ1v) is 9.48. The number of likely N-dealkylation sites (tertiary alicyclic amines) is 1. The van der Waals surface area contributed by atoms with Crippen LogP contribution in [0.5, 0.6) is 11.5 Å². The topological polar surface area (TPSA) is 89.7 Å². The molecule has 1 aromatic heterocycles. The summed E-state index contributed by atoms with van der Waals surface area (Å²) >= 11 is 0. The molecule has 0 unspecified atom stereocenters. The van der Waals surface area contributed by atoms with Gasteiger partial charge in [0.05, 0.1) is 14.2 Å². The quantitative estimate of drug-likeness (QED) is 0.673. The summed E-state index contributed by atoms with van der Waals surface area (Å²) in [6.07, 6.45) is 1.50. The highest BCUT2D eigenvalue weighted by Gasteiger charge is 2.34. The predicted octanol–water partition coefficient (Wildman–Crippen LogP) is 4.26. The second-order valence-electron chi connectivity index (χ2n) is 6.82. The summed E-state index contributed by atoms with van der Waals surface area (Å²) in [6, 6.07) is 10.9. The lowest BCUT2D eigenvalue weighted by molar-refractivity contribution is 0.193. The number of carbonyl (C=O) groups excluding carboxylic acids is 1. The molecule has 0 saturated carbocycles. The average Bonchev–Trinajstić information content (AvgIpc) is 3.43. The summed E-state index contributed by atoms with van der Waals surface area (Å²) in [6.45, 7) is 0.534. The van der Waals surface area contributed by atoms with Gasteiger partial charge < -0.3 is 24.2 Å². The predicted molar refractivity (Wildman–Crippen MR) is 107 cm³/mol. The summed E-state index contributed by atoms with van der Waals surface area (Å²) in [5.74, 6) is 1.04. The minimum absolute atomic E-state index is 0.114. The summed E-state index contributed by atoms with van der Waals surface area (Å²) < 4.78 is 29.5. The van der Waals surface area contributed by atoms with Gasteiger partial charge in [-0.15, -0.1) is 0 Å². The van der Waals surface area contributed by atoms with Crippen LogP contribution in [0.3, 0.4) is 0 Å². The zero-order valence-electron chi connectivity index (χ0n) is 16.6. The SMILES string of the molecule is COc1cccc(-c2noc([C@H]3CCCN3C(=O)Nc3ccc(OC)c(F)c3)n2)c1. The number of methoxy groups -OCH3 is 2. The average molecular weight is 412 g/mol. The Morgan fingerprint density at radius 2 is 2.10 bits per heavy atom.